The number of rotatable bonds is 5. The van der Waals surface area contributed by atoms with Crippen molar-refractivity contribution >= 4 is 67.3 Å². The Labute approximate surface area is 136 Å². The summed E-state index contributed by atoms with van der Waals surface area (Å²) in [5.74, 6) is -0.856. The molecule has 0 aliphatic heterocycles. The van der Waals surface area contributed by atoms with Gasteiger partial charge in [-0.05, 0) is 40.8 Å². The molecule has 1 aromatic carbocycles. The van der Waals surface area contributed by atoms with E-state index >= 15 is 0 Å². The number of fused-ring (bicyclic) bond motifs is 1. The van der Waals surface area contributed by atoms with Gasteiger partial charge >= 0.3 is 5.97 Å². The second kappa shape index (κ2) is 6.27. The van der Waals surface area contributed by atoms with Crippen molar-refractivity contribution in [2.24, 2.45) is 0 Å². The van der Waals surface area contributed by atoms with Crippen molar-refractivity contribution in [3.63, 3.8) is 0 Å². The Morgan fingerprint density at radius 3 is 2.95 bits per heavy atom. The van der Waals surface area contributed by atoms with Gasteiger partial charge in [-0.1, -0.05) is 34.3 Å². The summed E-state index contributed by atoms with van der Waals surface area (Å²) in [4.78, 5) is 15.2. The van der Waals surface area contributed by atoms with Gasteiger partial charge in [-0.25, -0.2) is 4.98 Å². The summed E-state index contributed by atoms with van der Waals surface area (Å²) in [5, 5.41) is 9.48. The van der Waals surface area contributed by atoms with E-state index in [2.05, 4.69) is 50.1 Å². The first-order valence-electron chi connectivity index (χ1n) is 5.31. The maximum absolute atomic E-state index is 10.7. The van der Waals surface area contributed by atoms with E-state index in [1.807, 2.05) is 22.8 Å². The molecule has 1 N–H and O–H groups in total. The van der Waals surface area contributed by atoms with Crippen molar-refractivity contribution in [3.8, 4) is 0 Å². The smallest absolute Gasteiger partial charge is 0.313 e. The molecule has 2 rings (SSSR count). The van der Waals surface area contributed by atoms with Crippen LogP contribution in [0.4, 0.5) is 0 Å². The van der Waals surface area contributed by atoms with E-state index in [4.69, 9.17) is 5.11 Å². The quantitative estimate of drug-likeness (QED) is 0.554. The minimum Gasteiger partial charge on any atom is -0.481 e. The molecule has 0 saturated heterocycles. The van der Waals surface area contributed by atoms with Crippen LogP contribution < -0.4 is 0 Å². The predicted octanol–water partition coefficient (Wildman–Crippen LogP) is 3.73. The normalized spacial score (nSPS) is 10.8. The third-order valence-electron chi connectivity index (χ3n) is 2.33. The predicted molar refractivity (Wildman–Crippen MR) is 88.9 cm³/mol. The molecule has 0 aliphatic rings. The molecule has 0 radical (unpaired) electrons. The van der Waals surface area contributed by atoms with Gasteiger partial charge in [0.05, 0.1) is 23.3 Å². The van der Waals surface area contributed by atoms with Gasteiger partial charge in [0.15, 0.2) is 5.16 Å². The van der Waals surface area contributed by atoms with E-state index in [1.165, 1.54) is 11.8 Å². The van der Waals surface area contributed by atoms with Crippen molar-refractivity contribution < 1.29 is 9.90 Å². The number of hydrogen-bond donors (Lipinski definition) is 1. The first-order chi connectivity index (χ1) is 8.97. The lowest BCUT2D eigenvalue weighted by molar-refractivity contribution is -0.133. The highest BCUT2D eigenvalue weighted by atomic mass is 127. The number of aromatic nitrogens is 2. The molecule has 100 valence electrons. The molecule has 0 bridgehead atoms. The molecule has 0 saturated carbocycles. The number of halogens is 2. The Kier molecular flexibility index (Phi) is 4.91. The van der Waals surface area contributed by atoms with Gasteiger partial charge in [-0.3, -0.25) is 4.79 Å². The third kappa shape index (κ3) is 3.73. The Bertz CT molecular complexity index is 656. The number of carbonyl (C=O) groups is 1. The van der Waals surface area contributed by atoms with Crippen LogP contribution in [0.25, 0.3) is 11.0 Å². The summed E-state index contributed by atoms with van der Waals surface area (Å²) in [6.45, 7) is 4.40. The fourth-order valence-electron chi connectivity index (χ4n) is 1.64. The minimum absolute atomic E-state index is 0.00479. The van der Waals surface area contributed by atoms with E-state index < -0.39 is 5.97 Å². The number of allylic oxidation sites excluding steroid dienone is 1. The second-order valence-corrected chi connectivity index (χ2v) is 7.12. The zero-order valence-electron chi connectivity index (χ0n) is 9.77. The lowest BCUT2D eigenvalue weighted by Crippen LogP contribution is -2.03. The fourth-order valence-corrected chi connectivity index (χ4v) is 3.10. The molecule has 0 amide bonds. The Morgan fingerprint density at radius 2 is 2.32 bits per heavy atom. The molecule has 0 unspecified atom stereocenters. The average Bonchev–Trinajstić information content (AvgIpc) is 2.63. The second-order valence-electron chi connectivity index (χ2n) is 3.81. The molecule has 0 atom stereocenters. The zero-order valence-corrected chi connectivity index (χ0v) is 14.3. The first-order valence-corrected chi connectivity index (χ1v) is 8.17. The maximum Gasteiger partial charge on any atom is 0.313 e. The van der Waals surface area contributed by atoms with Crippen LogP contribution in [0.2, 0.25) is 0 Å². The molecule has 4 nitrogen and oxygen atoms in total. The van der Waals surface area contributed by atoms with E-state index in [9.17, 15) is 4.79 Å². The lowest BCUT2D eigenvalue weighted by atomic mass is 10.3. The van der Waals surface area contributed by atoms with Crippen LogP contribution in [-0.4, -0.2) is 26.4 Å². The molecule has 7 heteroatoms. The average molecular weight is 453 g/mol. The summed E-state index contributed by atoms with van der Waals surface area (Å²) in [7, 11) is 0. The molecule has 0 spiro atoms. The topological polar surface area (TPSA) is 55.1 Å². The Hall–Kier alpha value is -0.540. The van der Waals surface area contributed by atoms with Crippen molar-refractivity contribution in [2.75, 3.05) is 5.75 Å². The number of thioether (sulfide) groups is 1. The molecular weight excluding hydrogens is 443 g/mol. The number of carboxylic acid groups (broad SMARTS) is 1. The monoisotopic (exact) mass is 452 g/mol. The standard InChI is InChI=1S/C12H10BrIN2O2S/c1-7(13)5-16-10-3-2-8(14)4-9(10)15-12(16)19-6-11(17)18/h2-4H,1,5-6H2,(H,17,18). The number of aliphatic carboxylic acids is 1. The summed E-state index contributed by atoms with van der Waals surface area (Å²) in [6.07, 6.45) is 0. The number of benzene rings is 1. The highest BCUT2D eigenvalue weighted by molar-refractivity contribution is 14.1. The van der Waals surface area contributed by atoms with E-state index in [1.54, 1.807) is 0 Å². The van der Waals surface area contributed by atoms with Gasteiger partial charge in [-0.15, -0.1) is 0 Å². The number of nitrogens with zero attached hydrogens (tertiary/aromatic N) is 2. The van der Waals surface area contributed by atoms with Crippen LogP contribution in [0.15, 0.2) is 34.4 Å². The van der Waals surface area contributed by atoms with E-state index in [-0.39, 0.29) is 5.75 Å². The summed E-state index contributed by atoms with van der Waals surface area (Å²) in [6, 6.07) is 5.97. The van der Waals surface area contributed by atoms with Crippen molar-refractivity contribution in [3.05, 3.63) is 32.8 Å². The van der Waals surface area contributed by atoms with Crippen LogP contribution >= 0.6 is 50.3 Å². The van der Waals surface area contributed by atoms with Crippen LogP contribution in [0.3, 0.4) is 0 Å². The van der Waals surface area contributed by atoms with Crippen molar-refractivity contribution in [2.45, 2.75) is 11.7 Å². The highest BCUT2D eigenvalue weighted by Gasteiger charge is 2.13. The van der Waals surface area contributed by atoms with Gasteiger partial charge in [0, 0.05) is 8.05 Å². The van der Waals surface area contributed by atoms with Crippen molar-refractivity contribution in [1.82, 2.24) is 9.55 Å². The zero-order chi connectivity index (χ0) is 14.0. The molecule has 19 heavy (non-hydrogen) atoms. The molecule has 0 aliphatic carbocycles. The van der Waals surface area contributed by atoms with Crippen LogP contribution in [0.1, 0.15) is 0 Å². The van der Waals surface area contributed by atoms with Gasteiger partial charge in [-0.2, -0.15) is 0 Å². The van der Waals surface area contributed by atoms with Crippen LogP contribution in [0.5, 0.6) is 0 Å². The fraction of sp³-hybridized carbons (Fsp3) is 0.167. The SMILES string of the molecule is C=C(Br)Cn1c(SCC(=O)O)nc2cc(I)ccc21. The van der Waals surface area contributed by atoms with Crippen LogP contribution in [0, 0.1) is 3.57 Å². The number of hydrogen-bond acceptors (Lipinski definition) is 3. The van der Waals surface area contributed by atoms with Gasteiger partial charge in [0.25, 0.3) is 0 Å². The number of imidazole rings is 1. The first kappa shape index (κ1) is 14.9. The maximum atomic E-state index is 10.7. The van der Waals surface area contributed by atoms with E-state index in [0.717, 1.165) is 19.1 Å². The molecule has 0 fully saturated rings. The summed E-state index contributed by atoms with van der Waals surface area (Å²) >= 11 is 6.79. The molecular formula is C12H10BrIN2O2S. The molecule has 1 heterocycles. The largest absolute Gasteiger partial charge is 0.481 e. The molecule has 2 aromatic rings. The van der Waals surface area contributed by atoms with Gasteiger partial charge in [0.2, 0.25) is 0 Å². The Balaban J connectivity index is 2.47. The highest BCUT2D eigenvalue weighted by Crippen LogP contribution is 2.26. The Morgan fingerprint density at radius 1 is 1.58 bits per heavy atom. The third-order valence-corrected chi connectivity index (χ3v) is 4.21. The number of carboxylic acids is 1. The van der Waals surface area contributed by atoms with Crippen LogP contribution in [-0.2, 0) is 11.3 Å². The lowest BCUT2D eigenvalue weighted by Gasteiger charge is -2.06. The summed E-state index contributed by atoms with van der Waals surface area (Å²) in [5.41, 5.74) is 1.85. The van der Waals surface area contributed by atoms with Gasteiger partial charge in [0.1, 0.15) is 0 Å². The van der Waals surface area contributed by atoms with E-state index in [0.29, 0.717) is 11.7 Å². The minimum atomic E-state index is -0.851. The van der Waals surface area contributed by atoms with Gasteiger partial charge < -0.3 is 9.67 Å². The summed E-state index contributed by atoms with van der Waals surface area (Å²) < 4.78 is 3.89. The molecule has 1 aromatic heterocycles. The van der Waals surface area contributed by atoms with Crippen molar-refractivity contribution in [1.29, 1.82) is 0 Å².